The predicted molar refractivity (Wildman–Crippen MR) is 92.8 cm³/mol. The van der Waals surface area contributed by atoms with E-state index < -0.39 is 10.2 Å². The average molecular weight is 367 g/mol. The van der Waals surface area contributed by atoms with Gasteiger partial charge in [0.25, 0.3) is 10.2 Å². The summed E-state index contributed by atoms with van der Waals surface area (Å²) in [7, 11) is -3.55. The molecule has 1 atom stereocenters. The summed E-state index contributed by atoms with van der Waals surface area (Å²) in [5, 5.41) is 0. The van der Waals surface area contributed by atoms with Gasteiger partial charge in [0.05, 0.1) is 24.3 Å². The van der Waals surface area contributed by atoms with Crippen molar-refractivity contribution >= 4 is 16.2 Å². The molecule has 0 aliphatic carbocycles. The van der Waals surface area contributed by atoms with E-state index in [2.05, 4.69) is 4.98 Å². The van der Waals surface area contributed by atoms with Gasteiger partial charge >= 0.3 is 5.97 Å². The number of nitrogens with zero attached hydrogens (tertiary/aromatic N) is 3. The van der Waals surface area contributed by atoms with Gasteiger partial charge in [0.15, 0.2) is 0 Å². The van der Waals surface area contributed by atoms with Crippen molar-refractivity contribution in [2.45, 2.75) is 38.6 Å². The summed E-state index contributed by atoms with van der Waals surface area (Å²) < 4.78 is 34.3. The Balaban J connectivity index is 1.69. The molecule has 138 valence electrons. The van der Waals surface area contributed by atoms with Gasteiger partial charge in [0, 0.05) is 25.8 Å². The maximum atomic E-state index is 13.1. The van der Waals surface area contributed by atoms with Crippen LogP contribution in [0.5, 0.6) is 0 Å². The number of hydrogen-bond donors (Lipinski definition) is 0. The van der Waals surface area contributed by atoms with Gasteiger partial charge in [0.2, 0.25) is 0 Å². The molecule has 0 saturated carbocycles. The van der Waals surface area contributed by atoms with Crippen LogP contribution in [0.25, 0.3) is 0 Å². The molecule has 7 nitrogen and oxygen atoms in total. The summed E-state index contributed by atoms with van der Waals surface area (Å²) in [4.78, 5) is 16.2. The number of pyridine rings is 1. The summed E-state index contributed by atoms with van der Waals surface area (Å²) >= 11 is 0. The van der Waals surface area contributed by atoms with Crippen molar-refractivity contribution in [1.82, 2.24) is 13.6 Å². The Morgan fingerprint density at radius 2 is 2.00 bits per heavy atom. The quantitative estimate of drug-likeness (QED) is 0.741. The van der Waals surface area contributed by atoms with Crippen LogP contribution in [0.2, 0.25) is 0 Å². The highest BCUT2D eigenvalue weighted by Gasteiger charge is 2.41. The van der Waals surface area contributed by atoms with Gasteiger partial charge in [-0.2, -0.15) is 17.0 Å². The number of ether oxygens (including phenoxy) is 1. The minimum atomic E-state index is -3.55. The van der Waals surface area contributed by atoms with Gasteiger partial charge in [-0.1, -0.05) is 6.07 Å². The molecule has 0 amide bonds. The van der Waals surface area contributed by atoms with Crippen molar-refractivity contribution in [3.63, 3.8) is 0 Å². The first-order valence-electron chi connectivity index (χ1n) is 8.88. The number of rotatable bonds is 5. The van der Waals surface area contributed by atoms with E-state index in [1.54, 1.807) is 17.4 Å². The lowest BCUT2D eigenvalue weighted by atomic mass is 9.98. The average Bonchev–Trinajstić information content (AvgIpc) is 3.13. The van der Waals surface area contributed by atoms with Crippen molar-refractivity contribution in [2.75, 3.05) is 26.2 Å². The second-order valence-corrected chi connectivity index (χ2v) is 8.34. The van der Waals surface area contributed by atoms with Crippen LogP contribution in [-0.4, -0.2) is 54.2 Å². The molecule has 2 aliphatic rings. The van der Waals surface area contributed by atoms with Gasteiger partial charge in [0.1, 0.15) is 0 Å². The van der Waals surface area contributed by atoms with Crippen LogP contribution in [0.3, 0.4) is 0 Å². The smallest absolute Gasteiger partial charge is 0.309 e. The van der Waals surface area contributed by atoms with Crippen LogP contribution in [0.15, 0.2) is 24.4 Å². The predicted octanol–water partition coefficient (Wildman–Crippen LogP) is 1.74. The third-order valence-electron chi connectivity index (χ3n) is 4.93. The maximum absolute atomic E-state index is 13.1. The van der Waals surface area contributed by atoms with Crippen LogP contribution < -0.4 is 0 Å². The van der Waals surface area contributed by atoms with E-state index in [1.807, 2.05) is 18.2 Å². The highest BCUT2D eigenvalue weighted by molar-refractivity contribution is 7.86. The Kier molecular flexibility index (Phi) is 5.71. The number of piperidine rings is 1. The number of aromatic nitrogens is 1. The normalized spacial score (nSPS) is 23.6. The second kappa shape index (κ2) is 7.80. The van der Waals surface area contributed by atoms with E-state index in [-0.39, 0.29) is 17.9 Å². The summed E-state index contributed by atoms with van der Waals surface area (Å²) in [5.74, 6) is -0.413. The lowest BCUT2D eigenvalue weighted by Gasteiger charge is -2.34. The Morgan fingerprint density at radius 3 is 2.64 bits per heavy atom. The fourth-order valence-electron chi connectivity index (χ4n) is 3.62. The molecule has 0 spiro atoms. The van der Waals surface area contributed by atoms with E-state index in [4.69, 9.17) is 4.74 Å². The third kappa shape index (κ3) is 3.86. The Hall–Kier alpha value is -1.51. The summed E-state index contributed by atoms with van der Waals surface area (Å²) in [6.07, 6.45) is 4.35. The van der Waals surface area contributed by atoms with E-state index in [1.165, 1.54) is 4.31 Å². The van der Waals surface area contributed by atoms with Crippen molar-refractivity contribution in [3.8, 4) is 0 Å². The van der Waals surface area contributed by atoms with Gasteiger partial charge in [-0.15, -0.1) is 0 Å². The van der Waals surface area contributed by atoms with Crippen LogP contribution in [0.4, 0.5) is 0 Å². The molecule has 1 aromatic heterocycles. The van der Waals surface area contributed by atoms with Gasteiger partial charge in [-0.3, -0.25) is 9.78 Å². The zero-order valence-corrected chi connectivity index (χ0v) is 15.3. The zero-order chi connectivity index (χ0) is 17.9. The highest BCUT2D eigenvalue weighted by atomic mass is 32.2. The lowest BCUT2D eigenvalue weighted by molar-refractivity contribution is -0.149. The van der Waals surface area contributed by atoms with E-state index >= 15 is 0 Å². The number of esters is 1. The minimum absolute atomic E-state index is 0.198. The molecule has 8 heteroatoms. The van der Waals surface area contributed by atoms with Gasteiger partial charge in [-0.25, -0.2) is 0 Å². The van der Waals surface area contributed by atoms with Crippen LogP contribution >= 0.6 is 0 Å². The maximum Gasteiger partial charge on any atom is 0.309 e. The second-order valence-electron chi connectivity index (χ2n) is 6.46. The highest BCUT2D eigenvalue weighted by Crippen LogP contribution is 2.35. The van der Waals surface area contributed by atoms with Crippen LogP contribution in [0, 0.1) is 5.92 Å². The standard InChI is InChI=1S/C17H25N3O4S/c1-2-24-17(21)14-8-12-19(13-9-14)25(22,23)20-11-5-7-16(20)15-6-3-4-10-18-15/h3-4,6,10,14,16H,2,5,7-9,11-13H2,1H3/t16-/m1/s1. The Labute approximate surface area is 149 Å². The number of carbonyl (C=O) groups excluding carboxylic acids is 1. The fraction of sp³-hybridized carbons (Fsp3) is 0.647. The summed E-state index contributed by atoms with van der Waals surface area (Å²) in [6, 6.07) is 5.40. The molecule has 25 heavy (non-hydrogen) atoms. The molecule has 0 aromatic carbocycles. The third-order valence-corrected chi connectivity index (χ3v) is 6.98. The molecule has 2 aliphatic heterocycles. The molecular weight excluding hydrogens is 342 g/mol. The van der Waals surface area contributed by atoms with Crippen molar-refractivity contribution < 1.29 is 17.9 Å². The molecule has 0 unspecified atom stereocenters. The van der Waals surface area contributed by atoms with Crippen molar-refractivity contribution in [2.24, 2.45) is 5.92 Å². The lowest BCUT2D eigenvalue weighted by Crippen LogP contribution is -2.47. The first kappa shape index (κ1) is 18.3. The topological polar surface area (TPSA) is 79.8 Å². The molecular formula is C17H25N3O4S. The molecule has 2 fully saturated rings. The summed E-state index contributed by atoms with van der Waals surface area (Å²) in [6.45, 7) is 3.37. The molecule has 2 saturated heterocycles. The SMILES string of the molecule is CCOC(=O)C1CCN(S(=O)(=O)N2CCC[C@@H]2c2ccccn2)CC1. The largest absolute Gasteiger partial charge is 0.466 e. The molecule has 3 rings (SSSR count). The first-order valence-corrected chi connectivity index (χ1v) is 10.3. The van der Waals surface area contributed by atoms with Crippen molar-refractivity contribution in [3.05, 3.63) is 30.1 Å². The minimum Gasteiger partial charge on any atom is -0.466 e. The number of carbonyl (C=O) groups is 1. The van der Waals surface area contributed by atoms with E-state index in [0.717, 1.165) is 18.5 Å². The van der Waals surface area contributed by atoms with E-state index in [0.29, 0.717) is 39.1 Å². The Bertz CT molecular complexity index is 687. The molecule has 0 bridgehead atoms. The monoisotopic (exact) mass is 367 g/mol. The fourth-order valence-corrected chi connectivity index (χ4v) is 5.48. The van der Waals surface area contributed by atoms with Crippen LogP contribution in [-0.2, 0) is 19.7 Å². The molecule has 3 heterocycles. The first-order chi connectivity index (χ1) is 12.0. The van der Waals surface area contributed by atoms with Gasteiger partial charge < -0.3 is 4.74 Å². The van der Waals surface area contributed by atoms with Crippen molar-refractivity contribution in [1.29, 1.82) is 0 Å². The number of hydrogen-bond acceptors (Lipinski definition) is 5. The Morgan fingerprint density at radius 1 is 1.24 bits per heavy atom. The zero-order valence-electron chi connectivity index (χ0n) is 14.5. The molecule has 0 radical (unpaired) electrons. The summed E-state index contributed by atoms with van der Waals surface area (Å²) in [5.41, 5.74) is 0.796. The van der Waals surface area contributed by atoms with E-state index in [9.17, 15) is 13.2 Å². The van der Waals surface area contributed by atoms with Gasteiger partial charge in [-0.05, 0) is 44.7 Å². The molecule has 0 N–H and O–H groups in total. The molecule has 1 aromatic rings. The van der Waals surface area contributed by atoms with Crippen LogP contribution in [0.1, 0.15) is 44.3 Å².